The van der Waals surface area contributed by atoms with E-state index < -0.39 is 0 Å². The predicted octanol–water partition coefficient (Wildman–Crippen LogP) is 3.68. The molecule has 1 aromatic carbocycles. The van der Waals surface area contributed by atoms with Gasteiger partial charge in [0.1, 0.15) is 0 Å². The third-order valence-electron chi connectivity index (χ3n) is 4.81. The van der Waals surface area contributed by atoms with Gasteiger partial charge in [-0.2, -0.15) is 0 Å². The predicted molar refractivity (Wildman–Crippen MR) is 96.4 cm³/mol. The Morgan fingerprint density at radius 2 is 2.00 bits per heavy atom. The van der Waals surface area contributed by atoms with E-state index in [1.54, 1.807) is 0 Å². The smallest absolute Gasteiger partial charge is 0.225 e. The van der Waals surface area contributed by atoms with Crippen LogP contribution in [0.1, 0.15) is 50.3 Å². The molecule has 0 bridgehead atoms. The summed E-state index contributed by atoms with van der Waals surface area (Å²) in [6, 6.07) is 6.77. The van der Waals surface area contributed by atoms with E-state index in [9.17, 15) is 4.79 Å². The summed E-state index contributed by atoms with van der Waals surface area (Å²) in [6.07, 6.45) is 2.44. The van der Waals surface area contributed by atoms with Gasteiger partial charge < -0.3 is 5.32 Å². The van der Waals surface area contributed by atoms with Crippen LogP contribution >= 0.6 is 0 Å². The minimum absolute atomic E-state index is 0.156. The molecule has 1 aromatic rings. The first-order valence-electron chi connectivity index (χ1n) is 8.82. The van der Waals surface area contributed by atoms with Crippen LogP contribution in [0.3, 0.4) is 0 Å². The van der Waals surface area contributed by atoms with E-state index in [4.69, 9.17) is 0 Å². The van der Waals surface area contributed by atoms with E-state index in [2.05, 4.69) is 42.3 Å². The summed E-state index contributed by atoms with van der Waals surface area (Å²) in [5.74, 6) is 0.727. The molecule has 1 aliphatic rings. The number of piperidine rings is 1. The van der Waals surface area contributed by atoms with Crippen LogP contribution < -0.4 is 5.32 Å². The summed E-state index contributed by atoms with van der Waals surface area (Å²) >= 11 is 0. The highest BCUT2D eigenvalue weighted by Crippen LogP contribution is 2.20. The number of rotatable bonds is 4. The van der Waals surface area contributed by atoms with Gasteiger partial charge in [0.25, 0.3) is 0 Å². The Labute approximate surface area is 141 Å². The molecule has 3 nitrogen and oxygen atoms in total. The number of carbonyl (C=O) groups excluding carboxylic acids is 1. The number of benzene rings is 1. The second-order valence-electron chi connectivity index (χ2n) is 8.12. The second kappa shape index (κ2) is 7.48. The standard InChI is InChI=1S/C20H32N2O/c1-15-8-9-17(11-16(15)2)13-22-10-6-7-18(14-22)12-21-19(23)20(3,4)5/h8-9,11,18H,6-7,10,12-14H2,1-5H3,(H,21,23)/t18-/m1/s1. The fraction of sp³-hybridized carbons (Fsp3) is 0.650. The molecule has 1 saturated heterocycles. The molecule has 0 saturated carbocycles. The van der Waals surface area contributed by atoms with Gasteiger partial charge in [-0.1, -0.05) is 39.0 Å². The molecular weight excluding hydrogens is 284 g/mol. The van der Waals surface area contributed by atoms with Gasteiger partial charge >= 0.3 is 0 Å². The van der Waals surface area contributed by atoms with Gasteiger partial charge in [-0.05, 0) is 55.8 Å². The lowest BCUT2D eigenvalue weighted by Gasteiger charge is -2.33. The molecule has 1 atom stereocenters. The second-order valence-corrected chi connectivity index (χ2v) is 8.12. The normalized spacial score (nSPS) is 19.6. The first-order chi connectivity index (χ1) is 10.8. The zero-order valence-electron chi connectivity index (χ0n) is 15.4. The lowest BCUT2D eigenvalue weighted by Crippen LogP contribution is -2.43. The average molecular weight is 316 g/mol. The fourth-order valence-corrected chi connectivity index (χ4v) is 3.12. The van der Waals surface area contributed by atoms with E-state index in [0.29, 0.717) is 5.92 Å². The molecular formula is C20H32N2O. The molecule has 23 heavy (non-hydrogen) atoms. The monoisotopic (exact) mass is 316 g/mol. The molecule has 3 heteroatoms. The maximum Gasteiger partial charge on any atom is 0.225 e. The molecule has 0 aromatic heterocycles. The zero-order valence-corrected chi connectivity index (χ0v) is 15.4. The molecule has 0 radical (unpaired) electrons. The van der Waals surface area contributed by atoms with Crippen LogP contribution in [0.4, 0.5) is 0 Å². The Bertz CT molecular complexity index is 545. The molecule has 1 amide bonds. The van der Waals surface area contributed by atoms with Crippen molar-refractivity contribution in [1.29, 1.82) is 0 Å². The highest BCUT2D eigenvalue weighted by Gasteiger charge is 2.24. The number of likely N-dealkylation sites (tertiary alicyclic amines) is 1. The van der Waals surface area contributed by atoms with Crippen molar-refractivity contribution in [2.75, 3.05) is 19.6 Å². The Kier molecular flexibility index (Phi) is 5.85. The van der Waals surface area contributed by atoms with Crippen molar-refractivity contribution in [3.05, 3.63) is 34.9 Å². The maximum absolute atomic E-state index is 12.0. The Hall–Kier alpha value is -1.35. The minimum atomic E-state index is -0.298. The lowest BCUT2D eigenvalue weighted by atomic mass is 9.94. The number of carbonyl (C=O) groups is 1. The van der Waals surface area contributed by atoms with Gasteiger partial charge in [-0.15, -0.1) is 0 Å². The van der Waals surface area contributed by atoms with Crippen LogP contribution in [0.25, 0.3) is 0 Å². The summed E-state index contributed by atoms with van der Waals surface area (Å²) in [5.41, 5.74) is 3.82. The fourth-order valence-electron chi connectivity index (χ4n) is 3.12. The highest BCUT2D eigenvalue weighted by molar-refractivity contribution is 5.81. The highest BCUT2D eigenvalue weighted by atomic mass is 16.2. The lowest BCUT2D eigenvalue weighted by molar-refractivity contribution is -0.128. The number of aryl methyl sites for hydroxylation is 2. The van der Waals surface area contributed by atoms with Crippen LogP contribution in [-0.4, -0.2) is 30.4 Å². The average Bonchev–Trinajstić information content (AvgIpc) is 2.48. The van der Waals surface area contributed by atoms with Crippen molar-refractivity contribution >= 4 is 5.91 Å². The van der Waals surface area contributed by atoms with Gasteiger partial charge in [0, 0.05) is 25.0 Å². The Balaban J connectivity index is 1.85. The van der Waals surface area contributed by atoms with E-state index in [1.807, 2.05) is 20.8 Å². The van der Waals surface area contributed by atoms with Gasteiger partial charge in [0.05, 0.1) is 0 Å². The number of hydrogen-bond acceptors (Lipinski definition) is 2. The molecule has 0 aliphatic carbocycles. The van der Waals surface area contributed by atoms with Gasteiger partial charge in [0.15, 0.2) is 0 Å². The molecule has 0 spiro atoms. The molecule has 128 valence electrons. The topological polar surface area (TPSA) is 32.3 Å². The molecule has 1 N–H and O–H groups in total. The number of hydrogen-bond donors (Lipinski definition) is 1. The summed E-state index contributed by atoms with van der Waals surface area (Å²) in [6.45, 7) is 14.3. The van der Waals surface area contributed by atoms with E-state index in [1.165, 1.54) is 29.5 Å². The van der Waals surface area contributed by atoms with Crippen LogP contribution in [-0.2, 0) is 11.3 Å². The van der Waals surface area contributed by atoms with Crippen LogP contribution in [0, 0.1) is 25.2 Å². The summed E-state index contributed by atoms with van der Waals surface area (Å²) in [4.78, 5) is 14.6. The quantitative estimate of drug-likeness (QED) is 0.919. The summed E-state index contributed by atoms with van der Waals surface area (Å²) < 4.78 is 0. The van der Waals surface area contributed by atoms with Crippen molar-refractivity contribution in [2.24, 2.45) is 11.3 Å². The summed E-state index contributed by atoms with van der Waals surface area (Å²) in [7, 11) is 0. The first kappa shape index (κ1) is 18.0. The van der Waals surface area contributed by atoms with Crippen molar-refractivity contribution in [3.8, 4) is 0 Å². The maximum atomic E-state index is 12.0. The Morgan fingerprint density at radius 3 is 2.65 bits per heavy atom. The minimum Gasteiger partial charge on any atom is -0.355 e. The van der Waals surface area contributed by atoms with E-state index >= 15 is 0 Å². The van der Waals surface area contributed by atoms with Crippen LogP contribution in [0.15, 0.2) is 18.2 Å². The van der Waals surface area contributed by atoms with Gasteiger partial charge in [0.2, 0.25) is 5.91 Å². The first-order valence-corrected chi connectivity index (χ1v) is 8.82. The third kappa shape index (κ3) is 5.35. The molecule has 1 heterocycles. The molecule has 0 unspecified atom stereocenters. The van der Waals surface area contributed by atoms with Gasteiger partial charge in [-0.25, -0.2) is 0 Å². The van der Waals surface area contributed by atoms with Crippen molar-refractivity contribution < 1.29 is 4.79 Å². The number of nitrogens with zero attached hydrogens (tertiary/aromatic N) is 1. The molecule has 2 rings (SSSR count). The van der Waals surface area contributed by atoms with Gasteiger partial charge in [-0.3, -0.25) is 9.69 Å². The zero-order chi connectivity index (χ0) is 17.0. The SMILES string of the molecule is Cc1ccc(CN2CCC[C@H](CNC(=O)C(C)(C)C)C2)cc1C. The van der Waals surface area contributed by atoms with Crippen LogP contribution in [0.5, 0.6) is 0 Å². The van der Waals surface area contributed by atoms with Crippen molar-refractivity contribution in [2.45, 2.75) is 54.0 Å². The van der Waals surface area contributed by atoms with Crippen LogP contribution in [0.2, 0.25) is 0 Å². The van der Waals surface area contributed by atoms with Crippen molar-refractivity contribution in [1.82, 2.24) is 10.2 Å². The largest absolute Gasteiger partial charge is 0.355 e. The number of amides is 1. The Morgan fingerprint density at radius 1 is 1.26 bits per heavy atom. The summed E-state index contributed by atoms with van der Waals surface area (Å²) in [5, 5.41) is 3.13. The van der Waals surface area contributed by atoms with Crippen molar-refractivity contribution in [3.63, 3.8) is 0 Å². The van der Waals surface area contributed by atoms with E-state index in [-0.39, 0.29) is 11.3 Å². The third-order valence-corrected chi connectivity index (χ3v) is 4.81. The molecule has 1 aliphatic heterocycles. The number of nitrogens with one attached hydrogen (secondary N) is 1. The molecule has 1 fully saturated rings. The van der Waals surface area contributed by atoms with E-state index in [0.717, 1.165) is 26.2 Å².